The van der Waals surface area contributed by atoms with Crippen molar-refractivity contribution in [3.05, 3.63) is 45.8 Å². The molecule has 2 heterocycles. The van der Waals surface area contributed by atoms with E-state index in [0.717, 1.165) is 38.8 Å². The van der Waals surface area contributed by atoms with Crippen molar-refractivity contribution in [3.8, 4) is 0 Å². The molecule has 0 atom stereocenters. The number of anilines is 1. The van der Waals surface area contributed by atoms with Crippen molar-refractivity contribution in [1.29, 1.82) is 0 Å². The fourth-order valence-corrected chi connectivity index (χ4v) is 4.37. The summed E-state index contributed by atoms with van der Waals surface area (Å²) >= 11 is 7.11. The minimum absolute atomic E-state index is 0.651. The Morgan fingerprint density at radius 2 is 2.11 bits per heavy atom. The van der Waals surface area contributed by atoms with Crippen LogP contribution in [0.5, 0.6) is 0 Å². The molecule has 1 aromatic carbocycles. The molecule has 3 rings (SSSR count). The molecular weight excluding hydrogens is 342 g/mol. The van der Waals surface area contributed by atoms with E-state index < -0.39 is 0 Å². The zero-order chi connectivity index (χ0) is 13.2. The standard InChI is InChI=1S/C13H12BrN3S2/c14-9-3-1-2-4-11(9)19-7-12-16-10-6-18-5-8(10)13(15)17-12/h1-4H,5-7H2,(H2,15,16,17). The molecule has 0 amide bonds. The number of nitrogens with zero attached hydrogens (tertiary/aromatic N) is 2. The van der Waals surface area contributed by atoms with Crippen molar-refractivity contribution in [2.24, 2.45) is 0 Å². The highest BCUT2D eigenvalue weighted by Gasteiger charge is 2.18. The largest absolute Gasteiger partial charge is 0.383 e. The molecular formula is C13H12BrN3S2. The lowest BCUT2D eigenvalue weighted by molar-refractivity contribution is 0.982. The minimum atomic E-state index is 0.651. The summed E-state index contributed by atoms with van der Waals surface area (Å²) < 4.78 is 1.10. The molecule has 6 heteroatoms. The Hall–Kier alpha value is -0.720. The average molecular weight is 354 g/mol. The van der Waals surface area contributed by atoms with Crippen molar-refractivity contribution >= 4 is 45.3 Å². The Bertz CT molecular complexity index is 619. The fraction of sp³-hybridized carbons (Fsp3) is 0.231. The van der Waals surface area contributed by atoms with Crippen LogP contribution in [-0.4, -0.2) is 9.97 Å². The maximum atomic E-state index is 5.99. The smallest absolute Gasteiger partial charge is 0.141 e. The van der Waals surface area contributed by atoms with Gasteiger partial charge in [-0.05, 0) is 28.1 Å². The van der Waals surface area contributed by atoms with Crippen LogP contribution in [0.3, 0.4) is 0 Å². The summed E-state index contributed by atoms with van der Waals surface area (Å²) in [4.78, 5) is 10.2. The van der Waals surface area contributed by atoms with Gasteiger partial charge in [-0.2, -0.15) is 11.8 Å². The molecule has 1 aliphatic heterocycles. The van der Waals surface area contributed by atoms with E-state index >= 15 is 0 Å². The molecule has 0 radical (unpaired) electrons. The third-order valence-corrected chi connectivity index (χ3v) is 5.84. The first-order chi connectivity index (χ1) is 9.24. The zero-order valence-electron chi connectivity index (χ0n) is 10.1. The van der Waals surface area contributed by atoms with Crippen LogP contribution in [0.15, 0.2) is 33.6 Å². The zero-order valence-corrected chi connectivity index (χ0v) is 13.3. The fourth-order valence-electron chi connectivity index (χ4n) is 1.90. The molecule has 19 heavy (non-hydrogen) atoms. The maximum Gasteiger partial charge on any atom is 0.141 e. The third kappa shape index (κ3) is 2.90. The molecule has 0 spiro atoms. The molecule has 3 nitrogen and oxygen atoms in total. The van der Waals surface area contributed by atoms with Gasteiger partial charge in [-0.15, -0.1) is 11.8 Å². The highest BCUT2D eigenvalue weighted by atomic mass is 79.9. The van der Waals surface area contributed by atoms with Crippen molar-refractivity contribution in [1.82, 2.24) is 9.97 Å². The molecule has 2 N–H and O–H groups in total. The lowest BCUT2D eigenvalue weighted by Crippen LogP contribution is -2.04. The Morgan fingerprint density at radius 3 is 2.95 bits per heavy atom. The molecule has 0 aliphatic carbocycles. The van der Waals surface area contributed by atoms with Gasteiger partial charge in [0.05, 0.1) is 11.4 Å². The quantitative estimate of drug-likeness (QED) is 0.849. The van der Waals surface area contributed by atoms with Crippen LogP contribution in [0.1, 0.15) is 17.1 Å². The number of halogens is 1. The maximum absolute atomic E-state index is 5.99. The van der Waals surface area contributed by atoms with Crippen LogP contribution in [0.2, 0.25) is 0 Å². The SMILES string of the molecule is Nc1nc(CSc2ccccc2Br)nc2c1CSC2. The third-order valence-electron chi connectivity index (χ3n) is 2.85. The van der Waals surface area contributed by atoms with Gasteiger partial charge in [0.25, 0.3) is 0 Å². The number of aromatic nitrogens is 2. The molecule has 0 bridgehead atoms. The molecule has 0 saturated carbocycles. The van der Waals surface area contributed by atoms with Crippen molar-refractivity contribution in [3.63, 3.8) is 0 Å². The van der Waals surface area contributed by atoms with Crippen LogP contribution in [0.25, 0.3) is 0 Å². The Balaban J connectivity index is 1.78. The monoisotopic (exact) mass is 353 g/mol. The molecule has 2 aromatic rings. The van der Waals surface area contributed by atoms with Gasteiger partial charge in [-0.25, -0.2) is 9.97 Å². The van der Waals surface area contributed by atoms with Gasteiger partial charge in [0.15, 0.2) is 0 Å². The first-order valence-electron chi connectivity index (χ1n) is 5.83. The van der Waals surface area contributed by atoms with E-state index in [9.17, 15) is 0 Å². The van der Waals surface area contributed by atoms with E-state index in [1.165, 1.54) is 4.90 Å². The number of hydrogen-bond acceptors (Lipinski definition) is 5. The molecule has 1 aliphatic rings. The van der Waals surface area contributed by atoms with Gasteiger partial charge in [0.1, 0.15) is 11.6 Å². The van der Waals surface area contributed by atoms with E-state index in [-0.39, 0.29) is 0 Å². The average Bonchev–Trinajstić information content (AvgIpc) is 2.87. The number of hydrogen-bond donors (Lipinski definition) is 1. The Kier molecular flexibility index (Phi) is 4.00. The molecule has 98 valence electrons. The van der Waals surface area contributed by atoms with Gasteiger partial charge in [0.2, 0.25) is 0 Å². The number of thioether (sulfide) groups is 2. The van der Waals surface area contributed by atoms with Gasteiger partial charge in [0, 0.05) is 26.4 Å². The first-order valence-corrected chi connectivity index (χ1v) is 8.76. The second-order valence-corrected chi connectivity index (χ2v) is 7.02. The summed E-state index contributed by atoms with van der Waals surface area (Å²) in [7, 11) is 0. The summed E-state index contributed by atoms with van der Waals surface area (Å²) in [6, 6.07) is 8.16. The summed E-state index contributed by atoms with van der Waals surface area (Å²) in [5.41, 5.74) is 8.22. The lowest BCUT2D eigenvalue weighted by Gasteiger charge is -2.07. The molecule has 0 fully saturated rings. The van der Waals surface area contributed by atoms with Crippen molar-refractivity contribution in [2.75, 3.05) is 5.73 Å². The number of benzene rings is 1. The van der Waals surface area contributed by atoms with E-state index in [2.05, 4.69) is 32.0 Å². The van der Waals surface area contributed by atoms with Crippen LogP contribution < -0.4 is 5.73 Å². The van der Waals surface area contributed by atoms with Crippen molar-refractivity contribution < 1.29 is 0 Å². The molecule has 0 saturated heterocycles. The number of nitrogen functional groups attached to an aromatic ring is 1. The van der Waals surface area contributed by atoms with Crippen LogP contribution in [0, 0.1) is 0 Å². The number of nitrogens with two attached hydrogens (primary N) is 1. The van der Waals surface area contributed by atoms with E-state index in [4.69, 9.17) is 5.73 Å². The molecule has 1 aromatic heterocycles. The number of fused-ring (bicyclic) bond motifs is 1. The lowest BCUT2D eigenvalue weighted by atomic mass is 10.2. The van der Waals surface area contributed by atoms with Crippen LogP contribution in [-0.2, 0) is 17.3 Å². The first kappa shape index (κ1) is 13.3. The normalized spacial score (nSPS) is 13.5. The Morgan fingerprint density at radius 1 is 1.26 bits per heavy atom. The molecule has 0 unspecified atom stereocenters. The van der Waals surface area contributed by atoms with Crippen molar-refractivity contribution in [2.45, 2.75) is 22.2 Å². The topological polar surface area (TPSA) is 51.8 Å². The van der Waals surface area contributed by atoms with Gasteiger partial charge < -0.3 is 5.73 Å². The highest BCUT2D eigenvalue weighted by molar-refractivity contribution is 9.10. The van der Waals surface area contributed by atoms with Crippen LogP contribution >= 0.6 is 39.5 Å². The van der Waals surface area contributed by atoms with Gasteiger partial charge >= 0.3 is 0 Å². The summed E-state index contributed by atoms with van der Waals surface area (Å²) in [6.45, 7) is 0. The predicted molar refractivity (Wildman–Crippen MR) is 85.1 cm³/mol. The van der Waals surface area contributed by atoms with E-state index in [1.54, 1.807) is 11.8 Å². The van der Waals surface area contributed by atoms with Gasteiger partial charge in [-0.1, -0.05) is 12.1 Å². The van der Waals surface area contributed by atoms with E-state index in [1.807, 2.05) is 30.0 Å². The second kappa shape index (κ2) is 5.73. The summed E-state index contributed by atoms with van der Waals surface area (Å²) in [5, 5.41) is 0. The predicted octanol–water partition coefficient (Wildman–Crippen LogP) is 3.86. The minimum Gasteiger partial charge on any atom is -0.383 e. The van der Waals surface area contributed by atoms with Crippen LogP contribution in [0.4, 0.5) is 5.82 Å². The highest BCUT2D eigenvalue weighted by Crippen LogP contribution is 2.33. The Labute approximate surface area is 128 Å². The number of rotatable bonds is 3. The second-order valence-electron chi connectivity index (χ2n) is 4.16. The summed E-state index contributed by atoms with van der Waals surface area (Å²) in [5.74, 6) is 4.11. The van der Waals surface area contributed by atoms with Gasteiger partial charge in [-0.3, -0.25) is 0 Å². The van der Waals surface area contributed by atoms with E-state index in [0.29, 0.717) is 5.82 Å². The summed E-state index contributed by atoms with van der Waals surface area (Å²) in [6.07, 6.45) is 0.